The third kappa shape index (κ3) is 4.05. The molecule has 21 heavy (non-hydrogen) atoms. The molecule has 2 unspecified atom stereocenters. The average molecular weight is 306 g/mol. The van der Waals surface area contributed by atoms with Crippen LogP contribution in [0.25, 0.3) is 0 Å². The van der Waals surface area contributed by atoms with E-state index in [2.05, 4.69) is 36.5 Å². The van der Waals surface area contributed by atoms with Crippen molar-refractivity contribution in [2.75, 3.05) is 7.05 Å². The second-order valence-electron chi connectivity index (χ2n) is 5.27. The van der Waals surface area contributed by atoms with Crippen LogP contribution in [0, 0.1) is 5.82 Å². The van der Waals surface area contributed by atoms with Gasteiger partial charge in [-0.25, -0.2) is 4.39 Å². The van der Waals surface area contributed by atoms with Crippen molar-refractivity contribution in [3.8, 4) is 0 Å². The van der Waals surface area contributed by atoms with E-state index in [1.165, 1.54) is 11.6 Å². The average Bonchev–Trinajstić information content (AvgIpc) is 2.51. The van der Waals surface area contributed by atoms with Gasteiger partial charge in [0.05, 0.1) is 5.02 Å². The lowest BCUT2D eigenvalue weighted by Gasteiger charge is -2.26. The van der Waals surface area contributed by atoms with E-state index in [1.807, 2.05) is 19.2 Å². The minimum absolute atomic E-state index is 0.176. The van der Waals surface area contributed by atoms with Crippen LogP contribution in [0.2, 0.25) is 5.02 Å². The van der Waals surface area contributed by atoms with E-state index in [0.29, 0.717) is 5.92 Å². The molecule has 2 aromatic rings. The van der Waals surface area contributed by atoms with Crippen LogP contribution in [0.3, 0.4) is 0 Å². The quantitative estimate of drug-likeness (QED) is 0.808. The molecule has 0 fully saturated rings. The van der Waals surface area contributed by atoms with Crippen LogP contribution >= 0.6 is 11.6 Å². The lowest BCUT2D eigenvalue weighted by atomic mass is 9.86. The van der Waals surface area contributed by atoms with Crippen LogP contribution in [0.5, 0.6) is 0 Å². The molecule has 0 heterocycles. The molecule has 2 aromatic carbocycles. The molecule has 0 aliphatic rings. The molecule has 1 nitrogen and oxygen atoms in total. The maximum atomic E-state index is 13.6. The van der Waals surface area contributed by atoms with E-state index in [1.54, 1.807) is 6.07 Å². The van der Waals surface area contributed by atoms with Crippen molar-refractivity contribution in [1.82, 2.24) is 5.32 Å². The lowest BCUT2D eigenvalue weighted by molar-refractivity contribution is 0.447. The van der Waals surface area contributed by atoms with Gasteiger partial charge in [0.2, 0.25) is 0 Å². The Labute approximate surface area is 131 Å². The number of likely N-dealkylation sites (N-methyl/N-ethyl adjacent to an activating group) is 1. The first-order valence-electron chi connectivity index (χ1n) is 7.31. The summed E-state index contributed by atoms with van der Waals surface area (Å²) in [7, 11) is 1.96. The summed E-state index contributed by atoms with van der Waals surface area (Å²) in [5, 5.41) is 3.55. The Balaban J connectivity index is 2.19. The fraction of sp³-hybridized carbons (Fsp3) is 0.333. The van der Waals surface area contributed by atoms with Crippen LogP contribution in [-0.2, 0) is 6.42 Å². The minimum Gasteiger partial charge on any atom is -0.316 e. The highest BCUT2D eigenvalue weighted by atomic mass is 35.5. The summed E-state index contributed by atoms with van der Waals surface area (Å²) in [6, 6.07) is 15.8. The van der Waals surface area contributed by atoms with Crippen molar-refractivity contribution in [2.45, 2.75) is 31.7 Å². The van der Waals surface area contributed by atoms with Gasteiger partial charge >= 0.3 is 0 Å². The third-order valence-electron chi connectivity index (χ3n) is 3.96. The molecule has 0 bridgehead atoms. The van der Waals surface area contributed by atoms with Crippen LogP contribution in [0.15, 0.2) is 48.5 Å². The number of hydrogen-bond donors (Lipinski definition) is 1. The maximum Gasteiger partial charge on any atom is 0.142 e. The predicted molar refractivity (Wildman–Crippen MR) is 87.4 cm³/mol. The van der Waals surface area contributed by atoms with Crippen molar-refractivity contribution in [2.24, 2.45) is 0 Å². The molecular weight excluding hydrogens is 285 g/mol. The van der Waals surface area contributed by atoms with E-state index in [4.69, 9.17) is 11.6 Å². The molecule has 0 aromatic heterocycles. The molecule has 0 saturated heterocycles. The van der Waals surface area contributed by atoms with Gasteiger partial charge in [0, 0.05) is 6.04 Å². The predicted octanol–water partition coefficient (Wildman–Crippen LogP) is 4.80. The zero-order valence-electron chi connectivity index (χ0n) is 12.4. The standard InChI is InChI=1S/C18H21ClFN/c1-3-15(14-7-5-4-6-8-14)18(21-2)12-13-9-10-16(19)17(20)11-13/h4-11,15,18,21H,3,12H2,1-2H3. The van der Waals surface area contributed by atoms with Gasteiger partial charge in [0.15, 0.2) is 0 Å². The van der Waals surface area contributed by atoms with Gasteiger partial charge in [-0.3, -0.25) is 0 Å². The summed E-state index contributed by atoms with van der Waals surface area (Å²) in [4.78, 5) is 0. The van der Waals surface area contributed by atoms with Crippen molar-refractivity contribution < 1.29 is 4.39 Å². The second-order valence-corrected chi connectivity index (χ2v) is 5.68. The lowest BCUT2D eigenvalue weighted by Crippen LogP contribution is -2.34. The zero-order chi connectivity index (χ0) is 15.2. The molecule has 1 N–H and O–H groups in total. The summed E-state index contributed by atoms with van der Waals surface area (Å²) in [6.07, 6.45) is 1.81. The third-order valence-corrected chi connectivity index (χ3v) is 4.27. The largest absolute Gasteiger partial charge is 0.316 e. The van der Waals surface area contributed by atoms with E-state index >= 15 is 0 Å². The molecule has 0 saturated carbocycles. The molecule has 112 valence electrons. The fourth-order valence-electron chi connectivity index (χ4n) is 2.82. The summed E-state index contributed by atoms with van der Waals surface area (Å²) in [5.74, 6) is 0.0479. The van der Waals surface area contributed by atoms with Crippen molar-refractivity contribution in [3.63, 3.8) is 0 Å². The number of hydrogen-bond acceptors (Lipinski definition) is 1. The molecule has 0 spiro atoms. The summed E-state index contributed by atoms with van der Waals surface area (Å²) >= 11 is 5.75. The van der Waals surface area contributed by atoms with Crippen LogP contribution < -0.4 is 5.32 Å². The zero-order valence-corrected chi connectivity index (χ0v) is 13.2. The van der Waals surface area contributed by atoms with Gasteiger partial charge in [-0.05, 0) is 49.1 Å². The molecule has 0 aliphatic carbocycles. The van der Waals surface area contributed by atoms with E-state index in [-0.39, 0.29) is 16.9 Å². The number of rotatable bonds is 6. The van der Waals surface area contributed by atoms with E-state index in [9.17, 15) is 4.39 Å². The molecule has 0 radical (unpaired) electrons. The fourth-order valence-corrected chi connectivity index (χ4v) is 2.94. The summed E-state index contributed by atoms with van der Waals surface area (Å²) in [5.41, 5.74) is 2.28. The highest BCUT2D eigenvalue weighted by Crippen LogP contribution is 2.26. The van der Waals surface area contributed by atoms with Crippen molar-refractivity contribution in [1.29, 1.82) is 0 Å². The Hall–Kier alpha value is -1.38. The van der Waals surface area contributed by atoms with Gasteiger partial charge in [0.1, 0.15) is 5.82 Å². The minimum atomic E-state index is -0.350. The number of nitrogens with one attached hydrogen (secondary N) is 1. The maximum absolute atomic E-state index is 13.6. The Bertz CT molecular complexity index is 571. The first-order chi connectivity index (χ1) is 10.2. The molecule has 2 rings (SSSR count). The Morgan fingerprint density at radius 3 is 2.43 bits per heavy atom. The van der Waals surface area contributed by atoms with Crippen molar-refractivity contribution in [3.05, 3.63) is 70.5 Å². The number of benzene rings is 2. The SMILES string of the molecule is CCC(c1ccccc1)C(Cc1ccc(Cl)c(F)c1)NC. The first-order valence-corrected chi connectivity index (χ1v) is 7.69. The van der Waals surface area contributed by atoms with Gasteiger partial charge in [0.25, 0.3) is 0 Å². The topological polar surface area (TPSA) is 12.0 Å². The Morgan fingerprint density at radius 1 is 1.14 bits per heavy atom. The first kappa shape index (κ1) is 16.0. The van der Waals surface area contributed by atoms with Crippen LogP contribution in [0.1, 0.15) is 30.4 Å². The Morgan fingerprint density at radius 2 is 1.86 bits per heavy atom. The number of halogens is 2. The van der Waals surface area contributed by atoms with Crippen LogP contribution in [0.4, 0.5) is 4.39 Å². The highest BCUT2D eigenvalue weighted by Gasteiger charge is 2.20. The smallest absolute Gasteiger partial charge is 0.142 e. The molecule has 0 amide bonds. The molecule has 2 atom stereocenters. The van der Waals surface area contributed by atoms with Crippen LogP contribution in [-0.4, -0.2) is 13.1 Å². The second kappa shape index (κ2) is 7.58. The molecule has 3 heteroatoms. The molecular formula is C18H21ClFN. The van der Waals surface area contributed by atoms with E-state index in [0.717, 1.165) is 18.4 Å². The van der Waals surface area contributed by atoms with E-state index < -0.39 is 0 Å². The summed E-state index contributed by atoms with van der Waals surface area (Å²) in [6.45, 7) is 2.18. The van der Waals surface area contributed by atoms with Gasteiger partial charge in [-0.1, -0.05) is 54.9 Å². The summed E-state index contributed by atoms with van der Waals surface area (Å²) < 4.78 is 13.6. The monoisotopic (exact) mass is 305 g/mol. The van der Waals surface area contributed by atoms with Gasteiger partial charge < -0.3 is 5.32 Å². The normalized spacial score (nSPS) is 13.9. The van der Waals surface area contributed by atoms with Crippen molar-refractivity contribution >= 4 is 11.6 Å². The molecule has 0 aliphatic heterocycles. The van der Waals surface area contributed by atoms with Gasteiger partial charge in [-0.2, -0.15) is 0 Å². The highest BCUT2D eigenvalue weighted by molar-refractivity contribution is 6.30. The Kier molecular flexibility index (Phi) is 5.77. The van der Waals surface area contributed by atoms with Gasteiger partial charge in [-0.15, -0.1) is 0 Å².